The molecule has 1 aliphatic heterocycles. The average Bonchev–Trinajstić information content (AvgIpc) is 3.04. The van der Waals surface area contributed by atoms with Gasteiger partial charge in [-0.1, -0.05) is 76.6 Å². The third-order valence-electron chi connectivity index (χ3n) is 8.21. The highest BCUT2D eigenvalue weighted by molar-refractivity contribution is 9.10. The second kappa shape index (κ2) is 12.8. The summed E-state index contributed by atoms with van der Waals surface area (Å²) in [5, 5.41) is 13.6. The predicted molar refractivity (Wildman–Crippen MR) is 178 cm³/mol. The van der Waals surface area contributed by atoms with Crippen molar-refractivity contribution in [2.75, 3.05) is 56.6 Å². The van der Waals surface area contributed by atoms with Gasteiger partial charge in [-0.05, 0) is 61.5 Å². The molecule has 1 atom stereocenters. The van der Waals surface area contributed by atoms with Crippen LogP contribution in [0.25, 0.3) is 10.9 Å². The Labute approximate surface area is 262 Å². The molecular formula is C35H37BrN6O. The van der Waals surface area contributed by atoms with Crippen molar-refractivity contribution in [1.82, 2.24) is 19.9 Å². The molecule has 0 amide bonds. The molecule has 1 unspecified atom stereocenters. The van der Waals surface area contributed by atoms with Crippen molar-refractivity contribution in [3.63, 3.8) is 0 Å². The van der Waals surface area contributed by atoms with Gasteiger partial charge < -0.3 is 19.8 Å². The normalized spacial score (nSPS) is 15.2. The van der Waals surface area contributed by atoms with E-state index in [0.29, 0.717) is 6.42 Å². The van der Waals surface area contributed by atoms with E-state index in [9.17, 15) is 5.11 Å². The molecule has 43 heavy (non-hydrogen) atoms. The molecule has 3 heterocycles. The lowest BCUT2D eigenvalue weighted by Crippen LogP contribution is -2.47. The number of benzene rings is 3. The summed E-state index contributed by atoms with van der Waals surface area (Å²) >= 11 is 3.77. The lowest BCUT2D eigenvalue weighted by Gasteiger charge is -2.37. The number of piperazine rings is 1. The maximum atomic E-state index is 12.6. The van der Waals surface area contributed by atoms with Crippen LogP contribution in [0.1, 0.15) is 28.7 Å². The summed E-state index contributed by atoms with van der Waals surface area (Å²) in [6, 6.07) is 28.8. The van der Waals surface area contributed by atoms with E-state index in [4.69, 9.17) is 4.98 Å². The van der Waals surface area contributed by atoms with Crippen LogP contribution in [-0.4, -0.2) is 71.8 Å². The topological polar surface area (TPSA) is 68.6 Å². The number of fused-ring (bicyclic) bond motifs is 1. The lowest BCUT2D eigenvalue weighted by molar-refractivity contribution is 0.0641. The Morgan fingerprint density at radius 2 is 1.49 bits per heavy atom. The molecule has 0 bridgehead atoms. The Balaban J connectivity index is 1.47. The molecule has 0 radical (unpaired) electrons. The zero-order valence-electron chi connectivity index (χ0n) is 24.7. The summed E-state index contributed by atoms with van der Waals surface area (Å²) in [4.78, 5) is 21.1. The maximum absolute atomic E-state index is 12.6. The Hall–Kier alpha value is -3.85. The highest BCUT2D eigenvalue weighted by Crippen LogP contribution is 2.40. The van der Waals surface area contributed by atoms with Crippen LogP contribution in [0.3, 0.4) is 0 Å². The zero-order chi connectivity index (χ0) is 29.8. The van der Waals surface area contributed by atoms with E-state index in [1.807, 2.05) is 56.6 Å². The number of nitrogens with zero attached hydrogens (tertiary/aromatic N) is 6. The summed E-state index contributed by atoms with van der Waals surface area (Å²) < 4.78 is 0.922. The maximum Gasteiger partial charge on any atom is 0.225 e. The molecule has 1 saturated heterocycles. The minimum Gasteiger partial charge on any atom is -0.380 e. The first-order valence-corrected chi connectivity index (χ1v) is 15.6. The van der Waals surface area contributed by atoms with Gasteiger partial charge in [-0.15, -0.1) is 0 Å². The average molecular weight is 638 g/mol. The van der Waals surface area contributed by atoms with Crippen molar-refractivity contribution in [3.05, 3.63) is 124 Å². The van der Waals surface area contributed by atoms with Crippen LogP contribution in [-0.2, 0) is 12.0 Å². The van der Waals surface area contributed by atoms with E-state index in [-0.39, 0.29) is 0 Å². The van der Waals surface area contributed by atoms with Gasteiger partial charge in [-0.25, -0.2) is 15.0 Å². The second-order valence-corrected chi connectivity index (χ2v) is 12.4. The van der Waals surface area contributed by atoms with E-state index in [1.165, 1.54) is 11.1 Å². The first kappa shape index (κ1) is 29.2. The van der Waals surface area contributed by atoms with Crippen molar-refractivity contribution < 1.29 is 5.11 Å². The molecule has 6 rings (SSSR count). The van der Waals surface area contributed by atoms with Gasteiger partial charge in [0.15, 0.2) is 0 Å². The molecule has 1 aliphatic rings. The summed E-state index contributed by atoms with van der Waals surface area (Å²) in [5.41, 5.74) is 3.70. The molecule has 0 saturated carbocycles. The number of rotatable bonds is 9. The van der Waals surface area contributed by atoms with Gasteiger partial charge in [0, 0.05) is 67.0 Å². The van der Waals surface area contributed by atoms with Crippen LogP contribution < -0.4 is 9.80 Å². The molecule has 0 spiro atoms. The minimum absolute atomic E-state index is 0.536. The molecule has 5 aromatic rings. The molecule has 220 valence electrons. The standard InChI is InChI=1S/C35H37BrN6O/c1-40(2)17-14-35(43,29-12-7-4-8-13-29)31-25-30(36)24-27-23-28(22-26-10-5-3-6-11-26)33(39-32(27)31)41-18-20-42(21-19-41)34-37-15-9-16-38-34/h3-13,15-16,23-25,43H,14,17-22H2,1-2H3. The molecule has 2 aromatic heterocycles. The van der Waals surface area contributed by atoms with Crippen LogP contribution in [0.2, 0.25) is 0 Å². The second-order valence-electron chi connectivity index (χ2n) is 11.5. The number of hydrogen-bond acceptors (Lipinski definition) is 7. The number of aromatic nitrogens is 3. The third-order valence-corrected chi connectivity index (χ3v) is 8.67. The van der Waals surface area contributed by atoms with Gasteiger partial charge in [-0.2, -0.15) is 0 Å². The van der Waals surface area contributed by atoms with E-state index in [2.05, 4.69) is 83.1 Å². The molecule has 3 aromatic carbocycles. The summed E-state index contributed by atoms with van der Waals surface area (Å²) in [6.45, 7) is 3.93. The van der Waals surface area contributed by atoms with Gasteiger partial charge in [0.1, 0.15) is 11.4 Å². The van der Waals surface area contributed by atoms with Gasteiger partial charge in [0.05, 0.1) is 5.52 Å². The first-order valence-electron chi connectivity index (χ1n) is 14.8. The predicted octanol–water partition coefficient (Wildman–Crippen LogP) is 5.89. The van der Waals surface area contributed by atoms with Crippen molar-refractivity contribution in [3.8, 4) is 0 Å². The van der Waals surface area contributed by atoms with Crippen LogP contribution >= 0.6 is 15.9 Å². The SMILES string of the molecule is CN(C)CCC(O)(c1ccccc1)c1cc(Br)cc2cc(Cc3ccccc3)c(N3CCN(c4ncccn4)CC3)nc12. The Kier molecular flexibility index (Phi) is 8.70. The van der Waals surface area contributed by atoms with Crippen LogP contribution in [0.4, 0.5) is 11.8 Å². The van der Waals surface area contributed by atoms with Crippen molar-refractivity contribution in [2.24, 2.45) is 0 Å². The summed E-state index contributed by atoms with van der Waals surface area (Å²) in [6.07, 6.45) is 4.89. The largest absolute Gasteiger partial charge is 0.380 e. The van der Waals surface area contributed by atoms with E-state index in [1.54, 1.807) is 12.4 Å². The number of aliphatic hydroxyl groups is 1. The van der Waals surface area contributed by atoms with Crippen molar-refractivity contribution in [1.29, 1.82) is 0 Å². The van der Waals surface area contributed by atoms with E-state index >= 15 is 0 Å². The van der Waals surface area contributed by atoms with Crippen LogP contribution in [0.5, 0.6) is 0 Å². The monoisotopic (exact) mass is 636 g/mol. The highest BCUT2D eigenvalue weighted by atomic mass is 79.9. The Bertz CT molecular complexity index is 1660. The lowest BCUT2D eigenvalue weighted by atomic mass is 9.82. The highest BCUT2D eigenvalue weighted by Gasteiger charge is 2.35. The third kappa shape index (κ3) is 6.42. The van der Waals surface area contributed by atoms with Gasteiger partial charge >= 0.3 is 0 Å². The fraction of sp³-hybridized carbons (Fsp3) is 0.286. The van der Waals surface area contributed by atoms with Crippen molar-refractivity contribution >= 4 is 38.6 Å². The molecule has 1 fully saturated rings. The van der Waals surface area contributed by atoms with E-state index < -0.39 is 5.60 Å². The van der Waals surface area contributed by atoms with Crippen LogP contribution in [0.15, 0.2) is 102 Å². The molecular weight excluding hydrogens is 600 g/mol. The quantitative estimate of drug-likeness (QED) is 0.216. The zero-order valence-corrected chi connectivity index (χ0v) is 26.3. The molecule has 0 aliphatic carbocycles. The Morgan fingerprint density at radius 1 is 0.837 bits per heavy atom. The van der Waals surface area contributed by atoms with E-state index in [0.717, 1.165) is 77.4 Å². The van der Waals surface area contributed by atoms with Gasteiger partial charge in [-0.3, -0.25) is 0 Å². The Morgan fingerprint density at radius 3 is 2.16 bits per heavy atom. The van der Waals surface area contributed by atoms with Gasteiger partial charge in [0.2, 0.25) is 5.95 Å². The summed E-state index contributed by atoms with van der Waals surface area (Å²) in [7, 11) is 4.08. The number of anilines is 2. The van der Waals surface area contributed by atoms with Gasteiger partial charge in [0.25, 0.3) is 0 Å². The fourth-order valence-electron chi connectivity index (χ4n) is 5.93. The molecule has 7 nitrogen and oxygen atoms in total. The van der Waals surface area contributed by atoms with Crippen LogP contribution in [0, 0.1) is 0 Å². The number of hydrogen-bond donors (Lipinski definition) is 1. The fourth-order valence-corrected chi connectivity index (χ4v) is 6.40. The minimum atomic E-state index is -1.22. The summed E-state index contributed by atoms with van der Waals surface area (Å²) in [5.74, 6) is 1.73. The number of halogens is 1. The number of pyridine rings is 1. The smallest absolute Gasteiger partial charge is 0.225 e. The molecule has 8 heteroatoms. The molecule has 1 N–H and O–H groups in total. The van der Waals surface area contributed by atoms with Crippen molar-refractivity contribution in [2.45, 2.75) is 18.4 Å². The first-order chi connectivity index (χ1) is 20.9.